The van der Waals surface area contributed by atoms with Gasteiger partial charge >= 0.3 is 0 Å². The highest BCUT2D eigenvalue weighted by Gasteiger charge is 2.18. The lowest BCUT2D eigenvalue weighted by Crippen LogP contribution is -2.33. The molecule has 1 amide bonds. The number of carbonyl (C=O) groups is 1. The molecule has 0 aliphatic carbocycles. The van der Waals surface area contributed by atoms with Gasteiger partial charge in [0, 0.05) is 36.9 Å². The van der Waals surface area contributed by atoms with Crippen molar-refractivity contribution >= 4 is 22.4 Å². The van der Waals surface area contributed by atoms with Crippen LogP contribution in [0.1, 0.15) is 43.3 Å². The summed E-state index contributed by atoms with van der Waals surface area (Å²) in [5.41, 5.74) is 3.07. The number of hydrogen-bond acceptors (Lipinski definition) is 7. The molecular weight excluding hydrogens is 398 g/mol. The number of nitrogens with zero attached hydrogens (tertiary/aromatic N) is 4. The van der Waals surface area contributed by atoms with Crippen molar-refractivity contribution in [3.8, 4) is 11.5 Å². The number of anilines is 1. The van der Waals surface area contributed by atoms with Gasteiger partial charge in [0.15, 0.2) is 5.13 Å². The van der Waals surface area contributed by atoms with E-state index in [2.05, 4.69) is 32.3 Å². The number of amides is 1. The fourth-order valence-electron chi connectivity index (χ4n) is 3.67. The third-order valence-corrected chi connectivity index (χ3v) is 6.06. The van der Waals surface area contributed by atoms with Gasteiger partial charge in [-0.25, -0.2) is 4.98 Å². The Balaban J connectivity index is 1.25. The number of benzene rings is 1. The van der Waals surface area contributed by atoms with E-state index in [9.17, 15) is 4.79 Å². The number of rotatable bonds is 7. The topological polar surface area (TPSA) is 84.2 Å². The summed E-state index contributed by atoms with van der Waals surface area (Å²) in [4.78, 5) is 19.3. The van der Waals surface area contributed by atoms with Crippen molar-refractivity contribution in [3.63, 3.8) is 0 Å². The lowest BCUT2D eigenvalue weighted by molar-refractivity contribution is -0.116. The van der Waals surface area contributed by atoms with Gasteiger partial charge in [0.05, 0.1) is 5.69 Å². The highest BCUT2D eigenvalue weighted by molar-refractivity contribution is 7.13. The largest absolute Gasteiger partial charge is 0.421 e. The number of carbonyl (C=O) groups excluding carboxylic acids is 1. The van der Waals surface area contributed by atoms with Crippen molar-refractivity contribution in [2.24, 2.45) is 5.92 Å². The second-order valence-corrected chi connectivity index (χ2v) is 8.90. The summed E-state index contributed by atoms with van der Waals surface area (Å²) in [5, 5.41) is 13.7. The number of likely N-dealkylation sites (tertiary alicyclic amines) is 1. The minimum absolute atomic E-state index is 0.0995. The Morgan fingerprint density at radius 2 is 2.13 bits per heavy atom. The quantitative estimate of drug-likeness (QED) is 0.607. The third kappa shape index (κ3) is 5.52. The Bertz CT molecular complexity index is 982. The van der Waals surface area contributed by atoms with E-state index in [1.54, 1.807) is 0 Å². The first kappa shape index (κ1) is 20.7. The molecule has 1 aromatic carbocycles. The van der Waals surface area contributed by atoms with Crippen LogP contribution in [0.2, 0.25) is 0 Å². The average molecular weight is 426 g/mol. The van der Waals surface area contributed by atoms with Crippen LogP contribution in [-0.4, -0.2) is 39.1 Å². The van der Waals surface area contributed by atoms with Crippen LogP contribution in [0.3, 0.4) is 0 Å². The van der Waals surface area contributed by atoms with E-state index in [1.807, 2.05) is 36.6 Å². The second-order valence-electron chi connectivity index (χ2n) is 8.04. The van der Waals surface area contributed by atoms with Gasteiger partial charge in [-0.3, -0.25) is 9.69 Å². The van der Waals surface area contributed by atoms with Gasteiger partial charge in [0.1, 0.15) is 0 Å². The van der Waals surface area contributed by atoms with E-state index in [0.29, 0.717) is 23.3 Å². The highest BCUT2D eigenvalue weighted by atomic mass is 32.1. The molecule has 8 heteroatoms. The molecule has 3 heterocycles. The Hall–Kier alpha value is -2.58. The number of thiazole rings is 1. The summed E-state index contributed by atoms with van der Waals surface area (Å²) in [6, 6.07) is 7.90. The normalized spacial score (nSPS) is 17.2. The van der Waals surface area contributed by atoms with E-state index >= 15 is 0 Å². The Kier molecular flexibility index (Phi) is 6.54. The van der Waals surface area contributed by atoms with Crippen molar-refractivity contribution < 1.29 is 9.21 Å². The standard InChI is InChI=1S/C22H27N5O2S/c1-15-5-7-17(8-6-15)21-26-25-20(29-21)10-9-19(28)24-22-23-18(14-30-22)13-27-11-3-4-16(2)12-27/h5-8,14,16H,3-4,9-13H2,1-2H3,(H,23,24,28)/t16-/m1/s1. The van der Waals surface area contributed by atoms with E-state index in [1.165, 1.54) is 29.7 Å². The molecule has 7 nitrogen and oxygen atoms in total. The molecule has 0 radical (unpaired) electrons. The summed E-state index contributed by atoms with van der Waals surface area (Å²) in [5.74, 6) is 1.58. The number of nitrogens with one attached hydrogen (secondary N) is 1. The van der Waals surface area contributed by atoms with Crippen LogP contribution < -0.4 is 5.32 Å². The summed E-state index contributed by atoms with van der Waals surface area (Å²) in [6.07, 6.45) is 3.22. The van der Waals surface area contributed by atoms with Crippen molar-refractivity contribution in [2.45, 2.75) is 46.1 Å². The zero-order chi connectivity index (χ0) is 20.9. The zero-order valence-corrected chi connectivity index (χ0v) is 18.2. The molecular formula is C22H27N5O2S. The lowest BCUT2D eigenvalue weighted by atomic mass is 10.0. The molecule has 30 heavy (non-hydrogen) atoms. The van der Waals surface area contributed by atoms with Gasteiger partial charge in [0.25, 0.3) is 0 Å². The van der Waals surface area contributed by atoms with E-state index in [0.717, 1.165) is 36.8 Å². The first-order valence-corrected chi connectivity index (χ1v) is 11.3. The van der Waals surface area contributed by atoms with Crippen LogP contribution in [0.25, 0.3) is 11.5 Å². The van der Waals surface area contributed by atoms with Crippen LogP contribution in [0.4, 0.5) is 5.13 Å². The SMILES string of the molecule is Cc1ccc(-c2nnc(CCC(=O)Nc3nc(CN4CCC[C@@H](C)C4)cs3)o2)cc1. The predicted octanol–water partition coefficient (Wildman–Crippen LogP) is 4.30. The molecule has 3 aromatic rings. The first-order valence-electron chi connectivity index (χ1n) is 10.4. The first-order chi connectivity index (χ1) is 14.5. The summed E-state index contributed by atoms with van der Waals surface area (Å²) in [6.45, 7) is 7.42. The van der Waals surface area contributed by atoms with Crippen molar-refractivity contribution in [1.29, 1.82) is 0 Å². The summed E-state index contributed by atoms with van der Waals surface area (Å²) < 4.78 is 5.69. The summed E-state index contributed by atoms with van der Waals surface area (Å²) >= 11 is 1.47. The fraction of sp³-hybridized carbons (Fsp3) is 0.455. The van der Waals surface area contributed by atoms with E-state index < -0.39 is 0 Å². The van der Waals surface area contributed by atoms with Crippen LogP contribution in [0.15, 0.2) is 34.1 Å². The van der Waals surface area contributed by atoms with Gasteiger partial charge < -0.3 is 9.73 Å². The van der Waals surface area contributed by atoms with Crippen LogP contribution >= 0.6 is 11.3 Å². The maximum atomic E-state index is 12.3. The molecule has 1 atom stereocenters. The highest BCUT2D eigenvalue weighted by Crippen LogP contribution is 2.22. The molecule has 0 bridgehead atoms. The Morgan fingerprint density at radius 1 is 1.30 bits per heavy atom. The number of piperidine rings is 1. The molecule has 0 spiro atoms. The molecule has 1 fully saturated rings. The molecule has 0 unspecified atom stereocenters. The average Bonchev–Trinajstić information content (AvgIpc) is 3.37. The number of hydrogen-bond donors (Lipinski definition) is 1. The molecule has 158 valence electrons. The van der Waals surface area contributed by atoms with Crippen molar-refractivity contribution in [1.82, 2.24) is 20.1 Å². The van der Waals surface area contributed by atoms with Gasteiger partial charge in [-0.1, -0.05) is 24.6 Å². The molecule has 0 saturated carbocycles. The molecule has 1 aliphatic heterocycles. The second kappa shape index (κ2) is 9.49. The number of aromatic nitrogens is 3. The molecule has 1 saturated heterocycles. The minimum atomic E-state index is -0.0995. The Morgan fingerprint density at radius 3 is 2.93 bits per heavy atom. The van der Waals surface area contributed by atoms with Crippen LogP contribution in [0.5, 0.6) is 0 Å². The molecule has 4 rings (SSSR count). The van der Waals surface area contributed by atoms with Gasteiger partial charge in [-0.15, -0.1) is 21.5 Å². The van der Waals surface area contributed by atoms with Crippen LogP contribution in [0, 0.1) is 12.8 Å². The maximum Gasteiger partial charge on any atom is 0.247 e. The predicted molar refractivity (Wildman–Crippen MR) is 117 cm³/mol. The lowest BCUT2D eigenvalue weighted by Gasteiger charge is -2.30. The van der Waals surface area contributed by atoms with E-state index in [-0.39, 0.29) is 12.3 Å². The van der Waals surface area contributed by atoms with Crippen LogP contribution in [-0.2, 0) is 17.8 Å². The maximum absolute atomic E-state index is 12.3. The zero-order valence-electron chi connectivity index (χ0n) is 17.4. The fourth-order valence-corrected chi connectivity index (χ4v) is 4.38. The smallest absolute Gasteiger partial charge is 0.247 e. The monoisotopic (exact) mass is 425 g/mol. The van der Waals surface area contributed by atoms with Crippen molar-refractivity contribution in [3.05, 3.63) is 46.8 Å². The van der Waals surface area contributed by atoms with E-state index in [4.69, 9.17) is 4.42 Å². The van der Waals surface area contributed by atoms with Gasteiger partial charge in [-0.05, 0) is 44.4 Å². The Labute approximate surface area is 180 Å². The summed E-state index contributed by atoms with van der Waals surface area (Å²) in [7, 11) is 0. The van der Waals surface area contributed by atoms with Gasteiger partial charge in [-0.2, -0.15) is 0 Å². The molecule has 2 aromatic heterocycles. The minimum Gasteiger partial charge on any atom is -0.421 e. The third-order valence-electron chi connectivity index (χ3n) is 5.26. The molecule has 1 N–H and O–H groups in total. The van der Waals surface area contributed by atoms with Gasteiger partial charge in [0.2, 0.25) is 17.7 Å². The van der Waals surface area contributed by atoms with Crippen molar-refractivity contribution in [2.75, 3.05) is 18.4 Å². The number of aryl methyl sites for hydroxylation is 2. The molecule has 1 aliphatic rings.